The van der Waals surface area contributed by atoms with E-state index in [-0.39, 0.29) is 43.5 Å². The van der Waals surface area contributed by atoms with E-state index in [2.05, 4.69) is 48.5 Å². The Morgan fingerprint density at radius 3 is 1.46 bits per heavy atom. The summed E-state index contributed by atoms with van der Waals surface area (Å²) in [4.78, 5) is 14.8. The molecule has 2 N–H and O–H groups in total. The molecule has 0 saturated carbocycles. The van der Waals surface area contributed by atoms with Crippen LogP contribution < -0.4 is 0 Å². The summed E-state index contributed by atoms with van der Waals surface area (Å²) in [5.41, 5.74) is -1.37. The predicted molar refractivity (Wildman–Crippen MR) is 177 cm³/mol. The zero-order valence-electron chi connectivity index (χ0n) is 29.1. The molecule has 0 bridgehead atoms. The molecule has 4 atom stereocenters. The third kappa shape index (κ3) is 14.1. The average molecular weight is 583 g/mol. The molecule has 0 aliphatic carbocycles. The second-order valence-corrected chi connectivity index (χ2v) is 14.1. The van der Waals surface area contributed by atoms with Crippen LogP contribution in [0.2, 0.25) is 0 Å². The smallest absolute Gasteiger partial charge is 0.312 e. The van der Waals surface area contributed by atoms with Crippen molar-refractivity contribution in [3.63, 3.8) is 0 Å². The maximum atomic E-state index is 14.8. The normalized spacial score (nSPS) is 16.6. The number of carbonyl (C=O) groups is 1. The lowest BCUT2D eigenvalue weighted by atomic mass is 9.54. The van der Waals surface area contributed by atoms with E-state index in [1.165, 1.54) is 83.5 Å². The number of hydrogen-bond acceptors (Lipinski definition) is 4. The molecular weight excluding hydrogens is 508 g/mol. The summed E-state index contributed by atoms with van der Waals surface area (Å²) >= 11 is 0. The largest absolute Gasteiger partial charge is 0.464 e. The third-order valence-corrected chi connectivity index (χ3v) is 10.2. The molecule has 0 spiro atoms. The second-order valence-electron chi connectivity index (χ2n) is 14.1. The van der Waals surface area contributed by atoms with E-state index < -0.39 is 10.8 Å². The van der Waals surface area contributed by atoms with E-state index in [1.54, 1.807) is 6.92 Å². The number of aliphatic hydroxyl groups is 2. The number of aliphatic hydroxyl groups excluding tert-OH is 2. The fourth-order valence-corrected chi connectivity index (χ4v) is 7.21. The van der Waals surface area contributed by atoms with Gasteiger partial charge in [0.1, 0.15) is 6.61 Å². The number of unbranched alkanes of at least 4 members (excludes halogenated alkanes) is 11. The van der Waals surface area contributed by atoms with Crippen LogP contribution in [0.1, 0.15) is 177 Å². The second kappa shape index (κ2) is 23.8. The van der Waals surface area contributed by atoms with Crippen molar-refractivity contribution in [2.75, 3.05) is 19.8 Å². The first-order chi connectivity index (χ1) is 19.6. The van der Waals surface area contributed by atoms with E-state index in [1.807, 2.05) is 0 Å². The highest BCUT2D eigenvalue weighted by molar-refractivity contribution is 5.78. The van der Waals surface area contributed by atoms with Gasteiger partial charge in [0.15, 0.2) is 0 Å². The standard InChI is InChI=1S/C37H74O4/c1-9-13-17-18-19-23-27-34(31(5)24-20-14-10-2)37(32(6)25-21-15-11-3,33(7)26-22-16-12-4)35(40)41-30-36(8,28-38)29-39/h31-34,38-39H,9-30H2,1-8H3. The van der Waals surface area contributed by atoms with Crippen LogP contribution in [0, 0.1) is 34.5 Å². The molecule has 0 rings (SSSR count). The zero-order valence-corrected chi connectivity index (χ0v) is 29.1. The van der Waals surface area contributed by atoms with E-state index in [0.29, 0.717) is 5.92 Å². The lowest BCUT2D eigenvalue weighted by Gasteiger charge is -2.50. The number of ether oxygens (including phenoxy) is 1. The number of rotatable bonds is 28. The molecule has 0 radical (unpaired) electrons. The van der Waals surface area contributed by atoms with Crippen molar-refractivity contribution in [2.24, 2.45) is 34.5 Å². The van der Waals surface area contributed by atoms with Crippen molar-refractivity contribution in [1.82, 2.24) is 0 Å². The van der Waals surface area contributed by atoms with E-state index in [0.717, 1.165) is 38.5 Å². The van der Waals surface area contributed by atoms with Crippen LogP contribution in [0.3, 0.4) is 0 Å². The van der Waals surface area contributed by atoms with Crippen LogP contribution in [-0.4, -0.2) is 36.0 Å². The Balaban J connectivity index is 6.67. The molecule has 4 nitrogen and oxygen atoms in total. The molecule has 0 aromatic heterocycles. The molecule has 0 amide bonds. The van der Waals surface area contributed by atoms with Gasteiger partial charge in [-0.2, -0.15) is 0 Å². The van der Waals surface area contributed by atoms with Gasteiger partial charge in [0.2, 0.25) is 0 Å². The van der Waals surface area contributed by atoms with Crippen LogP contribution >= 0.6 is 0 Å². The Morgan fingerprint density at radius 1 is 0.610 bits per heavy atom. The third-order valence-electron chi connectivity index (χ3n) is 10.2. The van der Waals surface area contributed by atoms with Gasteiger partial charge in [-0.05, 0) is 42.9 Å². The minimum atomic E-state index is -0.820. The predicted octanol–water partition coefficient (Wildman–Crippen LogP) is 10.5. The Bertz CT molecular complexity index is 598. The number of carbonyl (C=O) groups excluding carboxylic acids is 1. The van der Waals surface area contributed by atoms with Crippen molar-refractivity contribution in [3.8, 4) is 0 Å². The van der Waals surface area contributed by atoms with Crippen molar-refractivity contribution in [2.45, 2.75) is 177 Å². The van der Waals surface area contributed by atoms with Gasteiger partial charge in [-0.1, -0.05) is 158 Å². The summed E-state index contributed by atoms with van der Waals surface area (Å²) in [6.45, 7) is 17.6. The van der Waals surface area contributed by atoms with Crippen LogP contribution in [0.25, 0.3) is 0 Å². The monoisotopic (exact) mass is 583 g/mol. The van der Waals surface area contributed by atoms with Crippen molar-refractivity contribution < 1.29 is 19.7 Å². The minimum Gasteiger partial charge on any atom is -0.464 e. The lowest BCUT2D eigenvalue weighted by Crippen LogP contribution is -2.53. The summed E-state index contributed by atoms with van der Waals surface area (Å²) in [5, 5.41) is 20.0. The summed E-state index contributed by atoms with van der Waals surface area (Å²) in [6.07, 6.45) is 22.6. The van der Waals surface area contributed by atoms with E-state index in [9.17, 15) is 15.0 Å². The van der Waals surface area contributed by atoms with E-state index >= 15 is 0 Å². The molecule has 0 aromatic rings. The highest BCUT2D eigenvalue weighted by atomic mass is 16.5. The van der Waals surface area contributed by atoms with Gasteiger partial charge in [0.05, 0.1) is 18.6 Å². The molecule has 0 aliphatic heterocycles. The molecule has 41 heavy (non-hydrogen) atoms. The fraction of sp³-hybridized carbons (Fsp3) is 0.973. The molecule has 246 valence electrons. The molecule has 4 unspecified atom stereocenters. The fourth-order valence-electron chi connectivity index (χ4n) is 7.21. The Hall–Kier alpha value is -0.610. The van der Waals surface area contributed by atoms with Crippen molar-refractivity contribution in [3.05, 3.63) is 0 Å². The summed E-state index contributed by atoms with van der Waals surface area (Å²) in [7, 11) is 0. The maximum Gasteiger partial charge on any atom is 0.312 e. The first kappa shape index (κ1) is 40.4. The van der Waals surface area contributed by atoms with Gasteiger partial charge in [-0.3, -0.25) is 4.79 Å². The van der Waals surface area contributed by atoms with Gasteiger partial charge >= 0.3 is 5.97 Å². The molecule has 0 fully saturated rings. The van der Waals surface area contributed by atoms with Gasteiger partial charge in [-0.25, -0.2) is 0 Å². The quantitative estimate of drug-likeness (QED) is 0.0711. The Kier molecular flexibility index (Phi) is 23.4. The van der Waals surface area contributed by atoms with E-state index in [4.69, 9.17) is 4.74 Å². The average Bonchev–Trinajstić information content (AvgIpc) is 2.97. The SMILES string of the molecule is CCCCCCCCC(C(C)CCCCC)C(C(=O)OCC(C)(CO)CO)(C(C)CCCCC)C(C)CCCCC. The molecule has 4 heteroatoms. The van der Waals surface area contributed by atoms with Crippen LogP contribution in [0.5, 0.6) is 0 Å². The lowest BCUT2D eigenvalue weighted by molar-refractivity contribution is -0.179. The van der Waals surface area contributed by atoms with Gasteiger partial charge in [0.25, 0.3) is 0 Å². The topological polar surface area (TPSA) is 66.8 Å². The molecular formula is C37H74O4. The summed E-state index contributed by atoms with van der Waals surface area (Å²) in [5.74, 6) is 1.13. The first-order valence-electron chi connectivity index (χ1n) is 18.0. The van der Waals surface area contributed by atoms with Crippen molar-refractivity contribution >= 4 is 5.97 Å². The maximum absolute atomic E-state index is 14.8. The van der Waals surface area contributed by atoms with Gasteiger partial charge in [-0.15, -0.1) is 0 Å². The van der Waals surface area contributed by atoms with Gasteiger partial charge < -0.3 is 14.9 Å². The summed E-state index contributed by atoms with van der Waals surface area (Å²) in [6, 6.07) is 0. The first-order valence-corrected chi connectivity index (χ1v) is 18.0. The van der Waals surface area contributed by atoms with Crippen molar-refractivity contribution in [1.29, 1.82) is 0 Å². The highest BCUT2D eigenvalue weighted by Gasteiger charge is 2.55. The zero-order chi connectivity index (χ0) is 31.2. The van der Waals surface area contributed by atoms with Crippen LogP contribution in [-0.2, 0) is 9.53 Å². The molecule has 0 saturated heterocycles. The molecule has 0 aliphatic rings. The highest BCUT2D eigenvalue weighted by Crippen LogP contribution is 2.53. The van der Waals surface area contributed by atoms with Crippen LogP contribution in [0.15, 0.2) is 0 Å². The van der Waals surface area contributed by atoms with Gasteiger partial charge in [0, 0.05) is 5.41 Å². The number of hydrogen-bond donors (Lipinski definition) is 2. The summed E-state index contributed by atoms with van der Waals surface area (Å²) < 4.78 is 6.27. The molecule has 0 heterocycles. The Morgan fingerprint density at radius 2 is 1.00 bits per heavy atom. The molecule has 0 aromatic carbocycles. The minimum absolute atomic E-state index is 0.0584. The van der Waals surface area contributed by atoms with Crippen LogP contribution in [0.4, 0.5) is 0 Å². The Labute approximate surface area is 257 Å². The number of esters is 1.